The number of amides is 2. The molecule has 7 heteroatoms. The molecule has 0 aromatic heterocycles. The van der Waals surface area contributed by atoms with Crippen molar-refractivity contribution in [1.82, 2.24) is 10.2 Å². The van der Waals surface area contributed by atoms with Gasteiger partial charge in [-0.15, -0.1) is 4.40 Å². The van der Waals surface area contributed by atoms with Gasteiger partial charge in [0.2, 0.25) is 0 Å². The lowest BCUT2D eigenvalue weighted by Gasteiger charge is -2.32. The zero-order valence-electron chi connectivity index (χ0n) is 15.8. The van der Waals surface area contributed by atoms with Gasteiger partial charge in [0.25, 0.3) is 10.0 Å². The summed E-state index contributed by atoms with van der Waals surface area (Å²) in [6.45, 7) is 1.92. The number of nitrogens with zero attached hydrogens (tertiary/aromatic N) is 2. The highest BCUT2D eigenvalue weighted by atomic mass is 32.2. The summed E-state index contributed by atoms with van der Waals surface area (Å²) in [5.41, 5.74) is 0.377. The molecule has 0 radical (unpaired) electrons. The maximum absolute atomic E-state index is 13.0. The van der Waals surface area contributed by atoms with Gasteiger partial charge in [0.05, 0.1) is 4.90 Å². The van der Waals surface area contributed by atoms with E-state index in [1.165, 1.54) is 6.42 Å². The first kappa shape index (κ1) is 18.5. The van der Waals surface area contributed by atoms with Gasteiger partial charge in [0.15, 0.2) is 5.84 Å². The number of nitrogens with one attached hydrogen (secondary N) is 1. The van der Waals surface area contributed by atoms with Crippen LogP contribution in [0.4, 0.5) is 4.79 Å². The van der Waals surface area contributed by atoms with E-state index in [9.17, 15) is 13.2 Å². The van der Waals surface area contributed by atoms with E-state index in [0.29, 0.717) is 5.84 Å². The van der Waals surface area contributed by atoms with E-state index < -0.39 is 15.6 Å². The van der Waals surface area contributed by atoms with Gasteiger partial charge in [0, 0.05) is 6.04 Å². The molecule has 1 saturated heterocycles. The average molecular weight is 390 g/mol. The predicted molar refractivity (Wildman–Crippen MR) is 104 cm³/mol. The molecule has 0 bridgehead atoms. The number of aryl methyl sites for hydroxylation is 1. The van der Waals surface area contributed by atoms with Gasteiger partial charge < -0.3 is 5.32 Å². The van der Waals surface area contributed by atoms with Gasteiger partial charge in [-0.05, 0) is 44.7 Å². The largest absolute Gasteiger partial charge is 0.325 e. The van der Waals surface area contributed by atoms with Crippen molar-refractivity contribution >= 4 is 21.9 Å². The quantitative estimate of drug-likeness (QED) is 0.855. The molecule has 4 rings (SSSR count). The van der Waals surface area contributed by atoms with E-state index in [1.54, 1.807) is 29.2 Å². The van der Waals surface area contributed by atoms with Crippen molar-refractivity contribution in [3.05, 3.63) is 29.8 Å². The Morgan fingerprint density at radius 3 is 2.30 bits per heavy atom. The molecule has 2 aliphatic carbocycles. The molecule has 1 spiro atoms. The zero-order chi connectivity index (χ0) is 19.1. The molecule has 6 nitrogen and oxygen atoms in total. The second kappa shape index (κ2) is 6.93. The van der Waals surface area contributed by atoms with Crippen molar-refractivity contribution in [2.75, 3.05) is 0 Å². The van der Waals surface area contributed by atoms with Gasteiger partial charge in [-0.1, -0.05) is 49.8 Å². The van der Waals surface area contributed by atoms with Crippen LogP contribution in [0.25, 0.3) is 0 Å². The number of sulfonamides is 1. The summed E-state index contributed by atoms with van der Waals surface area (Å²) < 4.78 is 30.3. The van der Waals surface area contributed by atoms with Crippen LogP contribution in [0.5, 0.6) is 0 Å². The molecule has 2 saturated carbocycles. The number of hydrogen-bond donors (Lipinski definition) is 1. The number of hydrogen-bond acceptors (Lipinski definition) is 3. The molecular formula is C20H27N3O3S. The molecule has 3 fully saturated rings. The monoisotopic (exact) mass is 389 g/mol. The molecule has 1 aromatic carbocycles. The van der Waals surface area contributed by atoms with Crippen molar-refractivity contribution in [2.24, 2.45) is 4.40 Å². The SMILES string of the molecule is Cc1ccc(S(=O)(=O)/N=C2\N(C3CCCCC3)C(=O)NC23CCCC3)cc1. The summed E-state index contributed by atoms with van der Waals surface area (Å²) in [5.74, 6) is 0.428. The van der Waals surface area contributed by atoms with Gasteiger partial charge in [-0.2, -0.15) is 8.42 Å². The predicted octanol–water partition coefficient (Wildman–Crippen LogP) is 3.75. The summed E-state index contributed by atoms with van der Waals surface area (Å²) in [5, 5.41) is 3.10. The molecule has 0 unspecified atom stereocenters. The van der Waals surface area contributed by atoms with Crippen molar-refractivity contribution in [3.8, 4) is 0 Å². The van der Waals surface area contributed by atoms with Crippen molar-refractivity contribution in [2.45, 2.75) is 81.2 Å². The lowest BCUT2D eigenvalue weighted by atomic mass is 9.92. The van der Waals surface area contributed by atoms with Gasteiger partial charge >= 0.3 is 6.03 Å². The Morgan fingerprint density at radius 1 is 1.04 bits per heavy atom. The van der Waals surface area contributed by atoms with Gasteiger partial charge in [0.1, 0.15) is 5.54 Å². The highest BCUT2D eigenvalue weighted by Crippen LogP contribution is 2.39. The van der Waals surface area contributed by atoms with Crippen molar-refractivity contribution < 1.29 is 13.2 Å². The van der Waals surface area contributed by atoms with E-state index in [0.717, 1.165) is 56.9 Å². The third-order valence-corrected chi connectivity index (χ3v) is 7.42. The first-order chi connectivity index (χ1) is 12.9. The van der Waals surface area contributed by atoms with Crippen LogP contribution in [0, 0.1) is 6.92 Å². The minimum Gasteiger partial charge on any atom is -0.325 e. The van der Waals surface area contributed by atoms with Crippen LogP contribution in [0.3, 0.4) is 0 Å². The second-order valence-corrected chi connectivity index (χ2v) is 9.69. The van der Waals surface area contributed by atoms with Crippen LogP contribution < -0.4 is 5.32 Å². The fourth-order valence-electron chi connectivity index (χ4n) is 4.66. The molecular weight excluding hydrogens is 362 g/mol. The first-order valence-electron chi connectivity index (χ1n) is 9.95. The highest BCUT2D eigenvalue weighted by Gasteiger charge is 2.53. The molecule has 2 amide bonds. The summed E-state index contributed by atoms with van der Waals surface area (Å²) in [6.07, 6.45) is 8.59. The van der Waals surface area contributed by atoms with Gasteiger partial charge in [-0.3, -0.25) is 4.90 Å². The average Bonchev–Trinajstić information content (AvgIpc) is 3.21. The van der Waals surface area contributed by atoms with Crippen LogP contribution >= 0.6 is 0 Å². The zero-order valence-corrected chi connectivity index (χ0v) is 16.6. The standard InChI is InChI=1S/C20H27N3O3S/c1-15-9-11-17(12-10-15)27(25,26)22-18-20(13-5-6-14-20)21-19(24)23(18)16-7-3-2-4-8-16/h9-12,16H,2-8,13-14H2,1H3,(H,21,24)/b22-18-. The number of benzene rings is 1. The molecule has 1 aliphatic heterocycles. The molecule has 146 valence electrons. The van der Waals surface area contributed by atoms with E-state index >= 15 is 0 Å². The third kappa shape index (κ3) is 3.37. The van der Waals surface area contributed by atoms with Gasteiger partial charge in [-0.25, -0.2) is 4.79 Å². The molecule has 3 aliphatic rings. The molecule has 1 aromatic rings. The maximum atomic E-state index is 13.0. The Hall–Kier alpha value is -1.89. The van der Waals surface area contributed by atoms with Crippen molar-refractivity contribution in [3.63, 3.8) is 0 Å². The van der Waals surface area contributed by atoms with Crippen LogP contribution in [0.2, 0.25) is 0 Å². The lowest BCUT2D eigenvalue weighted by Crippen LogP contribution is -2.46. The fraction of sp³-hybridized carbons (Fsp3) is 0.600. The van der Waals surface area contributed by atoms with Crippen LogP contribution in [-0.2, 0) is 10.0 Å². The molecule has 27 heavy (non-hydrogen) atoms. The number of carbonyl (C=O) groups is 1. The van der Waals surface area contributed by atoms with Crippen LogP contribution in [0.1, 0.15) is 63.4 Å². The van der Waals surface area contributed by atoms with E-state index in [2.05, 4.69) is 9.71 Å². The van der Waals surface area contributed by atoms with E-state index in [4.69, 9.17) is 0 Å². The van der Waals surface area contributed by atoms with Crippen LogP contribution in [0.15, 0.2) is 33.6 Å². The van der Waals surface area contributed by atoms with E-state index in [-0.39, 0.29) is 17.0 Å². The van der Waals surface area contributed by atoms with E-state index in [1.807, 2.05) is 6.92 Å². The number of urea groups is 1. The maximum Gasteiger partial charge on any atom is 0.323 e. The number of carbonyl (C=O) groups excluding carboxylic acids is 1. The second-order valence-electron chi connectivity index (χ2n) is 8.08. The smallest absolute Gasteiger partial charge is 0.323 e. The summed E-state index contributed by atoms with van der Waals surface area (Å²) in [4.78, 5) is 14.7. The third-order valence-electron chi connectivity index (χ3n) is 6.14. The summed E-state index contributed by atoms with van der Waals surface area (Å²) >= 11 is 0. The minimum atomic E-state index is -3.86. The summed E-state index contributed by atoms with van der Waals surface area (Å²) in [6, 6.07) is 6.59. The Labute approximate surface area is 161 Å². The normalized spacial score (nSPS) is 24.7. The minimum absolute atomic E-state index is 0.0469. The Balaban J connectivity index is 1.77. The number of rotatable bonds is 3. The molecule has 0 atom stereocenters. The molecule has 1 N–H and O–H groups in total. The Bertz CT molecular complexity index is 849. The van der Waals surface area contributed by atoms with Crippen LogP contribution in [-0.4, -0.2) is 36.8 Å². The topological polar surface area (TPSA) is 78.8 Å². The Morgan fingerprint density at radius 2 is 1.67 bits per heavy atom. The fourth-order valence-corrected chi connectivity index (χ4v) is 5.74. The first-order valence-corrected chi connectivity index (χ1v) is 11.4. The summed E-state index contributed by atoms with van der Waals surface area (Å²) in [7, 11) is -3.86. The lowest BCUT2D eigenvalue weighted by molar-refractivity contribution is 0.204. The highest BCUT2D eigenvalue weighted by molar-refractivity contribution is 7.90. The number of amidine groups is 1. The molecule has 1 heterocycles. The Kier molecular flexibility index (Phi) is 4.74. The van der Waals surface area contributed by atoms with Crippen molar-refractivity contribution in [1.29, 1.82) is 0 Å².